The summed E-state index contributed by atoms with van der Waals surface area (Å²) in [5.41, 5.74) is 0.977. The number of hydrazone groups is 1. The Bertz CT molecular complexity index is 885. The van der Waals surface area contributed by atoms with Gasteiger partial charge in [-0.3, -0.25) is 4.79 Å². The van der Waals surface area contributed by atoms with E-state index in [9.17, 15) is 4.79 Å². The van der Waals surface area contributed by atoms with Crippen LogP contribution < -0.4 is 0 Å². The number of thioether (sulfide) groups is 1. The maximum absolute atomic E-state index is 12.8. The Balaban J connectivity index is 1.55. The average molecular weight is 390 g/mol. The molecule has 3 aromatic rings. The third-order valence-corrected chi connectivity index (χ3v) is 6.75. The lowest BCUT2D eigenvalue weighted by atomic mass is 10.1. The summed E-state index contributed by atoms with van der Waals surface area (Å²) in [6, 6.07) is 8.12. The van der Waals surface area contributed by atoms with E-state index in [4.69, 9.17) is 0 Å². The van der Waals surface area contributed by atoms with E-state index >= 15 is 0 Å². The van der Waals surface area contributed by atoms with Crippen molar-refractivity contribution >= 4 is 46.1 Å². The van der Waals surface area contributed by atoms with E-state index in [1.165, 1.54) is 11.8 Å². The highest BCUT2D eigenvalue weighted by Crippen LogP contribution is 2.36. The molecule has 0 spiro atoms. The molecule has 25 heavy (non-hydrogen) atoms. The quantitative estimate of drug-likeness (QED) is 0.628. The summed E-state index contributed by atoms with van der Waals surface area (Å²) in [5.74, 6) is 0.272. The second kappa shape index (κ2) is 7.11. The third kappa shape index (κ3) is 3.39. The number of carbonyl (C=O) groups is 1. The zero-order valence-electron chi connectivity index (χ0n) is 13.4. The molecule has 0 unspecified atom stereocenters. The van der Waals surface area contributed by atoms with Crippen molar-refractivity contribution in [1.82, 2.24) is 19.8 Å². The number of aromatic nitrogens is 3. The van der Waals surface area contributed by atoms with E-state index in [1.54, 1.807) is 38.6 Å². The number of carbonyl (C=O) groups excluding carboxylic acids is 1. The first kappa shape index (κ1) is 16.5. The van der Waals surface area contributed by atoms with Crippen molar-refractivity contribution in [3.05, 3.63) is 51.1 Å². The van der Waals surface area contributed by atoms with Gasteiger partial charge >= 0.3 is 0 Å². The van der Waals surface area contributed by atoms with Gasteiger partial charge < -0.3 is 4.57 Å². The first-order valence-electron chi connectivity index (χ1n) is 7.66. The first-order chi connectivity index (χ1) is 12.2. The number of hydrogen-bond acceptors (Lipinski definition) is 7. The van der Waals surface area contributed by atoms with Crippen LogP contribution in [-0.4, -0.2) is 37.1 Å². The zero-order chi connectivity index (χ0) is 17.2. The van der Waals surface area contributed by atoms with Gasteiger partial charge in [0.1, 0.15) is 6.33 Å². The molecule has 0 aromatic carbocycles. The fourth-order valence-corrected chi connectivity index (χ4v) is 4.90. The molecule has 0 bridgehead atoms. The Kier molecular flexibility index (Phi) is 4.69. The number of amides is 1. The number of hydrogen-bond donors (Lipinski definition) is 0. The van der Waals surface area contributed by atoms with E-state index in [2.05, 4.69) is 27.4 Å². The minimum atomic E-state index is -0.0234. The zero-order valence-corrected chi connectivity index (χ0v) is 15.9. The Morgan fingerprint density at radius 1 is 1.32 bits per heavy atom. The van der Waals surface area contributed by atoms with Crippen molar-refractivity contribution < 1.29 is 4.79 Å². The van der Waals surface area contributed by atoms with Gasteiger partial charge in [0, 0.05) is 18.3 Å². The number of nitrogens with zero attached hydrogens (tertiary/aromatic N) is 5. The fourth-order valence-electron chi connectivity index (χ4n) is 2.63. The van der Waals surface area contributed by atoms with Gasteiger partial charge in [-0.2, -0.15) is 5.10 Å². The monoisotopic (exact) mass is 389 g/mol. The summed E-state index contributed by atoms with van der Waals surface area (Å²) in [7, 11) is 1.87. The molecular formula is C16H15N5OS3. The van der Waals surface area contributed by atoms with Crippen molar-refractivity contribution in [2.24, 2.45) is 12.1 Å². The fraction of sp³-hybridized carbons (Fsp3) is 0.250. The molecule has 0 radical (unpaired) electrons. The molecule has 128 valence electrons. The Hall–Kier alpha value is -1.97. The molecule has 1 aliphatic rings. The van der Waals surface area contributed by atoms with Crippen molar-refractivity contribution in [1.29, 1.82) is 0 Å². The lowest BCUT2D eigenvalue weighted by Crippen LogP contribution is -2.28. The molecule has 4 heterocycles. The molecule has 9 heteroatoms. The minimum absolute atomic E-state index is 0.0158. The van der Waals surface area contributed by atoms with E-state index in [-0.39, 0.29) is 17.7 Å². The molecule has 0 saturated carbocycles. The largest absolute Gasteiger partial charge is 0.312 e. The van der Waals surface area contributed by atoms with Gasteiger partial charge in [-0.05, 0) is 22.9 Å². The van der Waals surface area contributed by atoms with Crippen molar-refractivity contribution in [2.45, 2.75) is 17.6 Å². The molecule has 0 saturated heterocycles. The summed E-state index contributed by atoms with van der Waals surface area (Å²) in [6.45, 7) is 0. The van der Waals surface area contributed by atoms with Gasteiger partial charge in [0.25, 0.3) is 5.91 Å². The highest BCUT2D eigenvalue weighted by atomic mass is 32.2. The minimum Gasteiger partial charge on any atom is -0.312 e. The van der Waals surface area contributed by atoms with Crippen LogP contribution in [0, 0.1) is 0 Å². The SMILES string of the molecule is Cn1cnnc1SCC(=O)N1N=C(c2cccs2)C[C@H]1c1cccs1. The maximum atomic E-state index is 12.8. The van der Waals surface area contributed by atoms with Gasteiger partial charge in [0.05, 0.1) is 22.4 Å². The summed E-state index contributed by atoms with van der Waals surface area (Å²) in [5, 5.41) is 18.9. The van der Waals surface area contributed by atoms with Crippen LogP contribution in [0.25, 0.3) is 0 Å². The Labute approximate surface area is 157 Å². The standard InChI is InChI=1S/C16H15N5OS3/c1-20-10-17-18-16(20)25-9-15(22)21-12(14-5-3-7-24-14)8-11(19-21)13-4-2-6-23-13/h2-7,10,12H,8-9H2,1H3/t12-/m0/s1. The topological polar surface area (TPSA) is 63.4 Å². The van der Waals surface area contributed by atoms with Gasteiger partial charge in [-0.1, -0.05) is 23.9 Å². The molecular weight excluding hydrogens is 374 g/mol. The van der Waals surface area contributed by atoms with Crippen LogP contribution in [0.2, 0.25) is 0 Å². The predicted octanol–water partition coefficient (Wildman–Crippen LogP) is 3.41. The Morgan fingerprint density at radius 2 is 2.16 bits per heavy atom. The summed E-state index contributed by atoms with van der Waals surface area (Å²) in [6.07, 6.45) is 2.38. The Morgan fingerprint density at radius 3 is 2.84 bits per heavy atom. The molecule has 3 aromatic heterocycles. The molecule has 6 nitrogen and oxygen atoms in total. The van der Waals surface area contributed by atoms with Gasteiger partial charge in [0.2, 0.25) is 0 Å². The van der Waals surface area contributed by atoms with Crippen LogP contribution in [-0.2, 0) is 11.8 Å². The molecule has 1 atom stereocenters. The lowest BCUT2D eigenvalue weighted by Gasteiger charge is -2.20. The summed E-state index contributed by atoms with van der Waals surface area (Å²) >= 11 is 4.70. The van der Waals surface area contributed by atoms with Crippen LogP contribution in [0.3, 0.4) is 0 Å². The highest BCUT2D eigenvalue weighted by Gasteiger charge is 2.34. The number of thiophene rings is 2. The number of aryl methyl sites for hydroxylation is 1. The van der Waals surface area contributed by atoms with E-state index in [1.807, 2.05) is 29.9 Å². The van der Waals surface area contributed by atoms with Gasteiger partial charge in [0.15, 0.2) is 5.16 Å². The summed E-state index contributed by atoms with van der Waals surface area (Å²) < 4.78 is 1.80. The van der Waals surface area contributed by atoms with Crippen LogP contribution in [0.1, 0.15) is 22.2 Å². The third-order valence-electron chi connectivity index (χ3n) is 3.84. The van der Waals surface area contributed by atoms with E-state index in [0.29, 0.717) is 0 Å². The smallest absolute Gasteiger partial charge is 0.253 e. The van der Waals surface area contributed by atoms with Crippen molar-refractivity contribution in [3.63, 3.8) is 0 Å². The average Bonchev–Trinajstić information content (AvgIpc) is 3.38. The van der Waals surface area contributed by atoms with Crippen LogP contribution in [0.5, 0.6) is 0 Å². The van der Waals surface area contributed by atoms with Crippen molar-refractivity contribution in [2.75, 3.05) is 5.75 Å². The van der Waals surface area contributed by atoms with Gasteiger partial charge in [-0.25, -0.2) is 5.01 Å². The second-order valence-corrected chi connectivity index (χ2v) is 8.38. The molecule has 4 rings (SSSR count). The number of rotatable bonds is 5. The second-order valence-electron chi connectivity index (χ2n) is 5.51. The first-order valence-corrected chi connectivity index (χ1v) is 10.4. The van der Waals surface area contributed by atoms with Crippen LogP contribution in [0.4, 0.5) is 0 Å². The molecule has 0 aliphatic carbocycles. The molecule has 1 aliphatic heterocycles. The lowest BCUT2D eigenvalue weighted by molar-refractivity contribution is -0.130. The summed E-state index contributed by atoms with van der Waals surface area (Å²) in [4.78, 5) is 15.1. The molecule has 0 N–H and O–H groups in total. The van der Waals surface area contributed by atoms with Crippen LogP contribution >= 0.6 is 34.4 Å². The molecule has 1 amide bonds. The van der Waals surface area contributed by atoms with Crippen molar-refractivity contribution in [3.8, 4) is 0 Å². The maximum Gasteiger partial charge on any atom is 0.253 e. The van der Waals surface area contributed by atoms with E-state index < -0.39 is 0 Å². The van der Waals surface area contributed by atoms with E-state index in [0.717, 1.165) is 27.0 Å². The normalized spacial score (nSPS) is 17.1. The molecule has 0 fully saturated rings. The predicted molar refractivity (Wildman–Crippen MR) is 101 cm³/mol. The van der Waals surface area contributed by atoms with Crippen LogP contribution in [0.15, 0.2) is 51.6 Å². The highest BCUT2D eigenvalue weighted by molar-refractivity contribution is 7.99. The van der Waals surface area contributed by atoms with Gasteiger partial charge in [-0.15, -0.1) is 32.9 Å².